The molecule has 0 radical (unpaired) electrons. The van der Waals surface area contributed by atoms with E-state index in [4.69, 9.17) is 0 Å². The maximum Gasteiger partial charge on any atom is 0.274 e. The minimum Gasteiger partial charge on any atom is -0.339 e. The lowest BCUT2D eigenvalue weighted by molar-refractivity contribution is -0.120. The number of amides is 2. The highest BCUT2D eigenvalue weighted by molar-refractivity contribution is 6.01. The fraction of sp³-hybridized carbons (Fsp3) is 0.381. The molecule has 2 amide bonds. The van der Waals surface area contributed by atoms with Crippen LogP contribution in [0.3, 0.4) is 0 Å². The van der Waals surface area contributed by atoms with Crippen molar-refractivity contribution >= 4 is 17.6 Å². The molecule has 0 spiro atoms. The van der Waals surface area contributed by atoms with Crippen molar-refractivity contribution in [3.8, 4) is 0 Å². The van der Waals surface area contributed by atoms with E-state index in [9.17, 15) is 9.59 Å². The summed E-state index contributed by atoms with van der Waals surface area (Å²) in [5.74, 6) is 0.759. The fourth-order valence-electron chi connectivity index (χ4n) is 3.78. The number of rotatable bonds is 5. The van der Waals surface area contributed by atoms with Crippen molar-refractivity contribution in [2.45, 2.75) is 44.3 Å². The Morgan fingerprint density at radius 3 is 2.77 bits per heavy atom. The fourth-order valence-corrected chi connectivity index (χ4v) is 3.78. The molecule has 3 aromatic rings. The molecule has 9 nitrogen and oxygen atoms in total. The maximum atomic E-state index is 12.9. The van der Waals surface area contributed by atoms with Crippen molar-refractivity contribution in [1.82, 2.24) is 30.1 Å². The first kappa shape index (κ1) is 18.5. The molecule has 1 aliphatic carbocycles. The number of fused-ring (bicyclic) bond motifs is 1. The number of nitrogens with one attached hydrogen (secondary N) is 1. The van der Waals surface area contributed by atoms with Crippen LogP contribution in [-0.2, 0) is 17.9 Å². The van der Waals surface area contributed by atoms with E-state index in [1.165, 1.54) is 0 Å². The molecule has 30 heavy (non-hydrogen) atoms. The summed E-state index contributed by atoms with van der Waals surface area (Å²) in [6.45, 7) is 1.10. The zero-order valence-corrected chi connectivity index (χ0v) is 16.7. The first-order valence-corrected chi connectivity index (χ1v) is 10.2. The molecule has 1 aliphatic heterocycles. The standard InChI is InChI=1S/C21H23N7O2/c1-26-19-11-17(15-7-8-15)24-28(19)10-9-16(21(26)30)22-20(29)18-13-27(25-23-18)12-14-5-3-2-4-6-14/h2-6,11,13,15-16H,7-10,12H2,1H3,(H,22,29)/t16-/m1/s1. The number of benzene rings is 1. The van der Waals surface area contributed by atoms with Crippen molar-refractivity contribution in [2.24, 2.45) is 0 Å². The second-order valence-electron chi connectivity index (χ2n) is 7.92. The van der Waals surface area contributed by atoms with Crippen LogP contribution in [0.15, 0.2) is 42.6 Å². The molecular formula is C21H23N7O2. The van der Waals surface area contributed by atoms with Crippen LogP contribution in [-0.4, -0.2) is 49.7 Å². The van der Waals surface area contributed by atoms with E-state index in [1.807, 2.05) is 41.1 Å². The van der Waals surface area contributed by atoms with Crippen molar-refractivity contribution in [2.75, 3.05) is 11.9 Å². The first-order chi connectivity index (χ1) is 14.6. The van der Waals surface area contributed by atoms with E-state index < -0.39 is 11.9 Å². The number of likely N-dealkylation sites (N-methyl/N-ethyl adjacent to an activating group) is 1. The summed E-state index contributed by atoms with van der Waals surface area (Å²) in [7, 11) is 1.73. The Bertz CT molecular complexity index is 1080. The molecule has 1 aromatic carbocycles. The highest BCUT2D eigenvalue weighted by atomic mass is 16.2. The summed E-state index contributed by atoms with van der Waals surface area (Å²) < 4.78 is 3.48. The quantitative estimate of drug-likeness (QED) is 0.695. The van der Waals surface area contributed by atoms with E-state index >= 15 is 0 Å². The second-order valence-corrected chi connectivity index (χ2v) is 7.92. The third kappa shape index (κ3) is 3.58. The number of carbonyl (C=O) groups excluding carboxylic acids is 2. The molecule has 0 bridgehead atoms. The average Bonchev–Trinajstić information content (AvgIpc) is 3.37. The Hall–Kier alpha value is -3.49. The van der Waals surface area contributed by atoms with Gasteiger partial charge in [-0.1, -0.05) is 35.5 Å². The number of aryl methyl sites for hydroxylation is 1. The smallest absolute Gasteiger partial charge is 0.274 e. The Morgan fingerprint density at radius 2 is 2.00 bits per heavy atom. The van der Waals surface area contributed by atoms with Gasteiger partial charge in [0.05, 0.1) is 18.4 Å². The normalized spacial score (nSPS) is 18.8. The van der Waals surface area contributed by atoms with Crippen molar-refractivity contribution in [3.63, 3.8) is 0 Å². The number of carbonyl (C=O) groups is 2. The van der Waals surface area contributed by atoms with E-state index in [1.54, 1.807) is 22.8 Å². The van der Waals surface area contributed by atoms with Gasteiger partial charge >= 0.3 is 0 Å². The summed E-state index contributed by atoms with van der Waals surface area (Å²) in [4.78, 5) is 27.2. The van der Waals surface area contributed by atoms with E-state index in [0.717, 1.165) is 29.9 Å². The van der Waals surface area contributed by atoms with Gasteiger partial charge in [0.15, 0.2) is 5.69 Å². The van der Waals surface area contributed by atoms with Crippen LogP contribution in [0.5, 0.6) is 0 Å². The summed E-state index contributed by atoms with van der Waals surface area (Å²) in [5.41, 5.74) is 2.32. The lowest BCUT2D eigenvalue weighted by Gasteiger charge is -2.20. The molecule has 2 aliphatic rings. The molecule has 1 atom stereocenters. The number of aromatic nitrogens is 5. The van der Waals surface area contributed by atoms with Gasteiger partial charge in [0.2, 0.25) is 0 Å². The molecule has 2 aromatic heterocycles. The molecule has 0 unspecified atom stereocenters. The largest absolute Gasteiger partial charge is 0.339 e. The van der Waals surface area contributed by atoms with Crippen LogP contribution < -0.4 is 10.2 Å². The van der Waals surface area contributed by atoms with Crippen LogP contribution in [0.25, 0.3) is 0 Å². The number of hydrogen-bond donors (Lipinski definition) is 1. The van der Waals surface area contributed by atoms with Crippen LogP contribution in [0.1, 0.15) is 46.9 Å². The van der Waals surface area contributed by atoms with Crippen LogP contribution in [0.2, 0.25) is 0 Å². The van der Waals surface area contributed by atoms with Gasteiger partial charge in [-0.25, -0.2) is 9.36 Å². The zero-order chi connectivity index (χ0) is 20.7. The maximum absolute atomic E-state index is 12.9. The van der Waals surface area contributed by atoms with Gasteiger partial charge < -0.3 is 5.32 Å². The Labute approximate surface area is 173 Å². The summed E-state index contributed by atoms with van der Waals surface area (Å²) in [6.07, 6.45) is 4.40. The lowest BCUT2D eigenvalue weighted by atomic mass is 10.2. The molecule has 0 saturated heterocycles. The third-order valence-corrected chi connectivity index (χ3v) is 5.64. The van der Waals surface area contributed by atoms with Gasteiger partial charge in [-0.15, -0.1) is 5.10 Å². The molecule has 1 fully saturated rings. The molecular weight excluding hydrogens is 382 g/mol. The Balaban J connectivity index is 1.26. The van der Waals surface area contributed by atoms with Crippen molar-refractivity contribution in [3.05, 3.63) is 59.5 Å². The summed E-state index contributed by atoms with van der Waals surface area (Å²) in [5, 5.41) is 15.5. The van der Waals surface area contributed by atoms with E-state index in [0.29, 0.717) is 25.4 Å². The van der Waals surface area contributed by atoms with Crippen LogP contribution in [0, 0.1) is 0 Å². The molecule has 1 saturated carbocycles. The molecule has 154 valence electrons. The number of nitrogens with zero attached hydrogens (tertiary/aromatic N) is 6. The third-order valence-electron chi connectivity index (χ3n) is 5.64. The summed E-state index contributed by atoms with van der Waals surface area (Å²) in [6, 6.07) is 11.2. The zero-order valence-electron chi connectivity index (χ0n) is 16.7. The van der Waals surface area contributed by atoms with E-state index in [2.05, 4.69) is 20.7 Å². The second kappa shape index (κ2) is 7.40. The van der Waals surface area contributed by atoms with Gasteiger partial charge in [0, 0.05) is 25.6 Å². The van der Waals surface area contributed by atoms with Gasteiger partial charge in [-0.05, 0) is 24.8 Å². The van der Waals surface area contributed by atoms with Crippen LogP contribution in [0.4, 0.5) is 5.82 Å². The Morgan fingerprint density at radius 1 is 1.20 bits per heavy atom. The number of hydrogen-bond acceptors (Lipinski definition) is 5. The topological polar surface area (TPSA) is 97.9 Å². The van der Waals surface area contributed by atoms with Crippen molar-refractivity contribution < 1.29 is 9.59 Å². The predicted molar refractivity (Wildman–Crippen MR) is 109 cm³/mol. The van der Waals surface area contributed by atoms with Crippen molar-refractivity contribution in [1.29, 1.82) is 0 Å². The predicted octanol–water partition coefficient (Wildman–Crippen LogP) is 1.57. The minimum absolute atomic E-state index is 0.152. The molecule has 5 rings (SSSR count). The average molecular weight is 405 g/mol. The molecule has 3 heterocycles. The number of anilines is 1. The first-order valence-electron chi connectivity index (χ1n) is 10.2. The summed E-state index contributed by atoms with van der Waals surface area (Å²) >= 11 is 0. The highest BCUT2D eigenvalue weighted by Crippen LogP contribution is 2.40. The molecule has 9 heteroatoms. The van der Waals surface area contributed by atoms with E-state index in [-0.39, 0.29) is 11.6 Å². The highest BCUT2D eigenvalue weighted by Gasteiger charge is 2.33. The Kier molecular flexibility index (Phi) is 4.57. The minimum atomic E-state index is -0.632. The monoisotopic (exact) mass is 405 g/mol. The van der Waals surface area contributed by atoms with Gasteiger partial charge in [-0.3, -0.25) is 14.5 Å². The SMILES string of the molecule is CN1C(=O)[C@H](NC(=O)c2cn(Cc3ccccc3)nn2)CCn2nc(C3CC3)cc21. The van der Waals surface area contributed by atoms with Gasteiger partial charge in [-0.2, -0.15) is 5.10 Å². The van der Waals surface area contributed by atoms with Gasteiger partial charge in [0.25, 0.3) is 11.8 Å². The van der Waals surface area contributed by atoms with Gasteiger partial charge in [0.1, 0.15) is 11.9 Å². The molecule has 1 N–H and O–H groups in total. The van der Waals surface area contributed by atoms with Crippen LogP contribution >= 0.6 is 0 Å². The lowest BCUT2D eigenvalue weighted by Crippen LogP contribution is -2.46.